The molecular formula is C21H27N5O. The second-order valence-corrected chi connectivity index (χ2v) is 7.23. The van der Waals surface area contributed by atoms with E-state index in [9.17, 15) is 0 Å². The highest BCUT2D eigenvalue weighted by Crippen LogP contribution is 2.23. The highest BCUT2D eigenvalue weighted by molar-refractivity contribution is 5.97. The van der Waals surface area contributed by atoms with Crippen LogP contribution < -0.4 is 4.74 Å². The van der Waals surface area contributed by atoms with Crippen LogP contribution >= 0.6 is 0 Å². The molecule has 142 valence electrons. The number of hydrogen-bond acceptors (Lipinski definition) is 6. The van der Waals surface area contributed by atoms with Gasteiger partial charge in [0.1, 0.15) is 0 Å². The SMILES string of the molecule is CCCOc1ncccc1CN1CCc2nc(C3=NCCCC3)ncc2C1. The Kier molecular flexibility index (Phi) is 5.72. The van der Waals surface area contributed by atoms with Crippen molar-refractivity contribution >= 4 is 5.71 Å². The number of ether oxygens (including phenoxy) is 1. The summed E-state index contributed by atoms with van der Waals surface area (Å²) in [5.41, 5.74) is 4.63. The van der Waals surface area contributed by atoms with E-state index < -0.39 is 0 Å². The zero-order chi connectivity index (χ0) is 18.5. The molecule has 6 heteroatoms. The summed E-state index contributed by atoms with van der Waals surface area (Å²) in [4.78, 5) is 20.9. The third-order valence-electron chi connectivity index (χ3n) is 5.08. The number of fused-ring (bicyclic) bond motifs is 1. The van der Waals surface area contributed by atoms with Gasteiger partial charge in [0.05, 0.1) is 18.0 Å². The van der Waals surface area contributed by atoms with Crippen molar-refractivity contribution in [1.82, 2.24) is 19.9 Å². The first-order valence-electron chi connectivity index (χ1n) is 10.0. The van der Waals surface area contributed by atoms with Gasteiger partial charge in [0, 0.05) is 56.1 Å². The van der Waals surface area contributed by atoms with E-state index in [2.05, 4.69) is 32.9 Å². The highest BCUT2D eigenvalue weighted by atomic mass is 16.5. The zero-order valence-corrected chi connectivity index (χ0v) is 16.0. The maximum Gasteiger partial charge on any atom is 0.217 e. The minimum absolute atomic E-state index is 0.702. The third-order valence-corrected chi connectivity index (χ3v) is 5.08. The molecule has 0 atom stereocenters. The Morgan fingerprint density at radius 1 is 1.19 bits per heavy atom. The number of nitrogens with zero attached hydrogens (tertiary/aromatic N) is 5. The maximum atomic E-state index is 5.80. The molecule has 0 saturated carbocycles. The van der Waals surface area contributed by atoms with Crippen LogP contribution in [0.25, 0.3) is 0 Å². The second-order valence-electron chi connectivity index (χ2n) is 7.23. The minimum atomic E-state index is 0.702. The number of rotatable bonds is 6. The average molecular weight is 365 g/mol. The topological polar surface area (TPSA) is 63.5 Å². The molecule has 0 unspecified atom stereocenters. The Morgan fingerprint density at radius 3 is 3.00 bits per heavy atom. The lowest BCUT2D eigenvalue weighted by Gasteiger charge is -2.28. The fraction of sp³-hybridized carbons (Fsp3) is 0.524. The van der Waals surface area contributed by atoms with E-state index in [0.29, 0.717) is 6.61 Å². The number of hydrogen-bond donors (Lipinski definition) is 0. The Morgan fingerprint density at radius 2 is 2.15 bits per heavy atom. The average Bonchev–Trinajstić information content (AvgIpc) is 2.73. The van der Waals surface area contributed by atoms with Crippen molar-refractivity contribution in [2.45, 2.75) is 52.1 Å². The molecule has 4 rings (SSSR count). The molecule has 2 aromatic heterocycles. The van der Waals surface area contributed by atoms with Crippen molar-refractivity contribution in [2.24, 2.45) is 4.99 Å². The standard InChI is InChI=1S/C21H27N5O/c1-2-12-27-21-16(6-5-10-23-21)14-26-11-8-18-17(15-26)13-24-20(25-18)19-7-3-4-9-22-19/h5-6,10,13H,2-4,7-9,11-12,14-15H2,1H3. The van der Waals surface area contributed by atoms with Gasteiger partial charge in [0.2, 0.25) is 5.88 Å². The lowest BCUT2D eigenvalue weighted by atomic mass is 10.0. The van der Waals surface area contributed by atoms with E-state index in [1.54, 1.807) is 6.20 Å². The number of aliphatic imine (C=N–C) groups is 1. The Bertz CT molecular complexity index is 820. The number of aromatic nitrogens is 3. The van der Waals surface area contributed by atoms with Crippen LogP contribution in [0, 0.1) is 0 Å². The van der Waals surface area contributed by atoms with Gasteiger partial charge in [-0.1, -0.05) is 13.0 Å². The van der Waals surface area contributed by atoms with Gasteiger partial charge >= 0.3 is 0 Å². The molecule has 27 heavy (non-hydrogen) atoms. The zero-order valence-electron chi connectivity index (χ0n) is 16.0. The summed E-state index contributed by atoms with van der Waals surface area (Å²) in [6, 6.07) is 4.08. The minimum Gasteiger partial charge on any atom is -0.477 e. The molecule has 0 aromatic carbocycles. The van der Waals surface area contributed by atoms with E-state index in [1.165, 1.54) is 24.1 Å². The molecule has 0 amide bonds. The summed E-state index contributed by atoms with van der Waals surface area (Å²) < 4.78 is 5.80. The first-order chi connectivity index (χ1) is 13.3. The van der Waals surface area contributed by atoms with E-state index in [-0.39, 0.29) is 0 Å². The van der Waals surface area contributed by atoms with Gasteiger partial charge in [-0.3, -0.25) is 9.89 Å². The highest BCUT2D eigenvalue weighted by Gasteiger charge is 2.21. The quantitative estimate of drug-likeness (QED) is 0.787. The van der Waals surface area contributed by atoms with Crippen molar-refractivity contribution in [3.8, 4) is 5.88 Å². The van der Waals surface area contributed by atoms with Crippen LogP contribution in [0.5, 0.6) is 5.88 Å². The van der Waals surface area contributed by atoms with Gasteiger partial charge in [-0.15, -0.1) is 0 Å². The molecule has 4 heterocycles. The fourth-order valence-corrected chi connectivity index (χ4v) is 3.64. The summed E-state index contributed by atoms with van der Waals surface area (Å²) in [6.45, 7) is 6.41. The molecule has 0 spiro atoms. The predicted octanol–water partition coefficient (Wildman–Crippen LogP) is 3.19. The van der Waals surface area contributed by atoms with Gasteiger partial charge in [0.25, 0.3) is 0 Å². The van der Waals surface area contributed by atoms with Crippen molar-refractivity contribution in [2.75, 3.05) is 19.7 Å². The van der Waals surface area contributed by atoms with Crippen LogP contribution in [0.3, 0.4) is 0 Å². The fourth-order valence-electron chi connectivity index (χ4n) is 3.64. The summed E-state index contributed by atoms with van der Waals surface area (Å²) in [5.74, 6) is 1.59. The van der Waals surface area contributed by atoms with Crippen LogP contribution in [0.4, 0.5) is 0 Å². The van der Waals surface area contributed by atoms with Gasteiger partial charge in [0.15, 0.2) is 5.82 Å². The smallest absolute Gasteiger partial charge is 0.217 e. The summed E-state index contributed by atoms with van der Waals surface area (Å²) in [6.07, 6.45) is 9.11. The first kappa shape index (κ1) is 18.0. The summed E-state index contributed by atoms with van der Waals surface area (Å²) in [7, 11) is 0. The normalized spacial score (nSPS) is 17.3. The molecule has 6 nitrogen and oxygen atoms in total. The van der Waals surface area contributed by atoms with E-state index in [4.69, 9.17) is 9.72 Å². The predicted molar refractivity (Wildman–Crippen MR) is 105 cm³/mol. The van der Waals surface area contributed by atoms with Crippen LogP contribution in [-0.4, -0.2) is 45.3 Å². The molecule has 2 aliphatic rings. The lowest BCUT2D eigenvalue weighted by molar-refractivity contribution is 0.233. The van der Waals surface area contributed by atoms with Crippen LogP contribution in [0.2, 0.25) is 0 Å². The molecular weight excluding hydrogens is 338 g/mol. The third kappa shape index (κ3) is 4.33. The van der Waals surface area contributed by atoms with E-state index >= 15 is 0 Å². The molecule has 2 aliphatic heterocycles. The Hall–Kier alpha value is -2.34. The Balaban J connectivity index is 1.45. The van der Waals surface area contributed by atoms with Crippen molar-refractivity contribution in [3.05, 3.63) is 47.2 Å². The van der Waals surface area contributed by atoms with Crippen molar-refractivity contribution in [3.63, 3.8) is 0 Å². The van der Waals surface area contributed by atoms with Crippen LogP contribution in [0.1, 0.15) is 55.3 Å². The summed E-state index contributed by atoms with van der Waals surface area (Å²) in [5, 5.41) is 0. The van der Waals surface area contributed by atoms with Crippen molar-refractivity contribution in [1.29, 1.82) is 0 Å². The van der Waals surface area contributed by atoms with Crippen LogP contribution in [-0.2, 0) is 19.5 Å². The molecule has 0 saturated heterocycles. The van der Waals surface area contributed by atoms with Gasteiger partial charge in [-0.05, 0) is 31.7 Å². The van der Waals surface area contributed by atoms with Gasteiger partial charge in [-0.2, -0.15) is 0 Å². The van der Waals surface area contributed by atoms with Gasteiger partial charge < -0.3 is 4.74 Å². The molecule has 0 aliphatic carbocycles. The molecule has 0 bridgehead atoms. The molecule has 0 radical (unpaired) electrons. The number of pyridine rings is 1. The van der Waals surface area contributed by atoms with E-state index in [0.717, 1.165) is 68.4 Å². The molecule has 2 aromatic rings. The Labute approximate surface area is 160 Å². The monoisotopic (exact) mass is 365 g/mol. The maximum absolute atomic E-state index is 5.80. The molecule has 0 fully saturated rings. The van der Waals surface area contributed by atoms with Gasteiger partial charge in [-0.25, -0.2) is 15.0 Å². The second kappa shape index (κ2) is 8.57. The molecule has 0 N–H and O–H groups in total. The largest absolute Gasteiger partial charge is 0.477 e. The van der Waals surface area contributed by atoms with Crippen LogP contribution in [0.15, 0.2) is 29.5 Å². The van der Waals surface area contributed by atoms with E-state index in [1.807, 2.05) is 12.3 Å². The first-order valence-corrected chi connectivity index (χ1v) is 10.0. The lowest BCUT2D eigenvalue weighted by Crippen LogP contribution is -2.31. The summed E-state index contributed by atoms with van der Waals surface area (Å²) >= 11 is 0. The van der Waals surface area contributed by atoms with Crippen molar-refractivity contribution < 1.29 is 4.74 Å².